The predicted octanol–water partition coefficient (Wildman–Crippen LogP) is 3.15. The van der Waals surface area contributed by atoms with E-state index in [0.717, 1.165) is 18.5 Å². The lowest BCUT2D eigenvalue weighted by Crippen LogP contribution is -2.36. The summed E-state index contributed by atoms with van der Waals surface area (Å²) in [5, 5.41) is 3.18. The lowest BCUT2D eigenvalue weighted by molar-refractivity contribution is 0.347. The van der Waals surface area contributed by atoms with Crippen LogP contribution in [0, 0.1) is 0 Å². The average Bonchev–Trinajstić information content (AvgIpc) is 2.29. The van der Waals surface area contributed by atoms with E-state index >= 15 is 0 Å². The maximum Gasteiger partial charge on any atom is 0.122 e. The van der Waals surface area contributed by atoms with Crippen LogP contribution in [-0.2, 0) is 0 Å². The molecular formula is C14H27FN2. The molecule has 0 heterocycles. The van der Waals surface area contributed by atoms with E-state index in [9.17, 15) is 4.39 Å². The molecule has 0 saturated heterocycles. The van der Waals surface area contributed by atoms with Gasteiger partial charge in [-0.05, 0) is 39.7 Å². The van der Waals surface area contributed by atoms with E-state index in [-0.39, 0.29) is 5.83 Å². The summed E-state index contributed by atoms with van der Waals surface area (Å²) >= 11 is 0. The molecule has 0 aromatic heterocycles. The second-order valence-corrected chi connectivity index (χ2v) is 3.84. The highest BCUT2D eigenvalue weighted by Gasteiger charge is 2.08. The van der Waals surface area contributed by atoms with Crippen LogP contribution in [0.5, 0.6) is 0 Å². The molecule has 0 saturated carbocycles. The first kappa shape index (κ1) is 18.4. The molecule has 0 aromatic carbocycles. The van der Waals surface area contributed by atoms with Gasteiger partial charge in [0.25, 0.3) is 0 Å². The van der Waals surface area contributed by atoms with Crippen molar-refractivity contribution in [2.24, 2.45) is 0 Å². The van der Waals surface area contributed by atoms with Crippen molar-refractivity contribution < 1.29 is 4.39 Å². The quantitative estimate of drug-likeness (QED) is 0.690. The van der Waals surface area contributed by atoms with Crippen molar-refractivity contribution in [3.8, 4) is 0 Å². The van der Waals surface area contributed by atoms with E-state index in [2.05, 4.69) is 23.4 Å². The predicted molar refractivity (Wildman–Crippen MR) is 75.9 cm³/mol. The Morgan fingerprint density at radius 1 is 1.41 bits per heavy atom. The van der Waals surface area contributed by atoms with Crippen LogP contribution in [-0.4, -0.2) is 38.6 Å². The van der Waals surface area contributed by atoms with Gasteiger partial charge < -0.3 is 10.2 Å². The summed E-state index contributed by atoms with van der Waals surface area (Å²) in [5.74, 6) is -0.334. The largest absolute Gasteiger partial charge is 0.315 e. The van der Waals surface area contributed by atoms with Gasteiger partial charge in [0.15, 0.2) is 0 Å². The summed E-state index contributed by atoms with van der Waals surface area (Å²) < 4.78 is 12.9. The van der Waals surface area contributed by atoms with Crippen LogP contribution in [0.15, 0.2) is 36.7 Å². The average molecular weight is 242 g/mol. The number of nitrogens with one attached hydrogen (secondary N) is 1. The summed E-state index contributed by atoms with van der Waals surface area (Å²) in [5.41, 5.74) is 0.772. The molecule has 3 heteroatoms. The fourth-order valence-corrected chi connectivity index (χ4v) is 1.33. The standard InChI is InChI=1S/C12H21FN2.C2H6/c1-6-11(13)7-10(2)8-12(14-3)9-15(4)5;1-2/h6-7,12,14H,1-2,8-9H2,3-5H3;1-2H3/b11-7+;. The van der Waals surface area contributed by atoms with Crippen LogP contribution in [0.4, 0.5) is 4.39 Å². The minimum Gasteiger partial charge on any atom is -0.315 e. The normalized spacial score (nSPS) is 12.8. The molecule has 0 aliphatic carbocycles. The van der Waals surface area contributed by atoms with E-state index in [0.29, 0.717) is 6.04 Å². The van der Waals surface area contributed by atoms with Gasteiger partial charge in [-0.1, -0.05) is 32.6 Å². The van der Waals surface area contributed by atoms with Crippen LogP contribution in [0.25, 0.3) is 0 Å². The van der Waals surface area contributed by atoms with E-state index in [4.69, 9.17) is 0 Å². The Labute approximate surface area is 106 Å². The van der Waals surface area contributed by atoms with E-state index < -0.39 is 0 Å². The number of nitrogens with zero attached hydrogens (tertiary/aromatic N) is 1. The molecule has 1 atom stereocenters. The molecule has 1 unspecified atom stereocenters. The van der Waals surface area contributed by atoms with E-state index in [1.165, 1.54) is 12.2 Å². The van der Waals surface area contributed by atoms with Crippen LogP contribution < -0.4 is 5.32 Å². The molecule has 0 spiro atoms. The Morgan fingerprint density at radius 2 is 1.94 bits per heavy atom. The van der Waals surface area contributed by atoms with Gasteiger partial charge >= 0.3 is 0 Å². The summed E-state index contributed by atoms with van der Waals surface area (Å²) in [6.07, 6.45) is 3.34. The Bertz CT molecular complexity index is 245. The Morgan fingerprint density at radius 3 is 2.29 bits per heavy atom. The number of allylic oxidation sites excluding steroid dienone is 3. The van der Waals surface area contributed by atoms with Gasteiger partial charge in [-0.2, -0.15) is 0 Å². The highest BCUT2D eigenvalue weighted by Crippen LogP contribution is 2.09. The first-order chi connectivity index (χ1) is 7.99. The molecule has 0 bridgehead atoms. The number of hydrogen-bond acceptors (Lipinski definition) is 2. The number of hydrogen-bond donors (Lipinski definition) is 1. The Balaban J connectivity index is 0. The third-order valence-corrected chi connectivity index (χ3v) is 2.04. The fourth-order valence-electron chi connectivity index (χ4n) is 1.33. The molecular weight excluding hydrogens is 215 g/mol. The minimum atomic E-state index is -0.334. The highest BCUT2D eigenvalue weighted by atomic mass is 19.1. The molecule has 0 fully saturated rings. The number of rotatable bonds is 7. The van der Waals surface area contributed by atoms with Gasteiger partial charge in [-0.15, -0.1) is 0 Å². The second kappa shape index (κ2) is 11.6. The molecule has 0 radical (unpaired) electrons. The summed E-state index contributed by atoms with van der Waals surface area (Å²) in [6, 6.07) is 0.293. The van der Waals surface area contributed by atoms with Gasteiger partial charge in [0.2, 0.25) is 0 Å². The molecule has 0 aromatic rings. The first-order valence-electron chi connectivity index (χ1n) is 5.99. The van der Waals surface area contributed by atoms with Crippen molar-refractivity contribution in [3.05, 3.63) is 36.7 Å². The molecule has 0 amide bonds. The van der Waals surface area contributed by atoms with Gasteiger partial charge in [0, 0.05) is 12.6 Å². The van der Waals surface area contributed by atoms with Crippen molar-refractivity contribution in [1.82, 2.24) is 10.2 Å². The molecule has 17 heavy (non-hydrogen) atoms. The number of likely N-dealkylation sites (N-methyl/N-ethyl adjacent to an activating group) is 2. The molecule has 0 rings (SSSR count). The van der Waals surface area contributed by atoms with Crippen LogP contribution in [0.2, 0.25) is 0 Å². The van der Waals surface area contributed by atoms with Crippen molar-refractivity contribution in [2.75, 3.05) is 27.7 Å². The van der Waals surface area contributed by atoms with E-state index in [1.807, 2.05) is 35.0 Å². The summed E-state index contributed by atoms with van der Waals surface area (Å²) in [6.45, 7) is 12.1. The third kappa shape index (κ3) is 11.3. The van der Waals surface area contributed by atoms with Crippen molar-refractivity contribution in [2.45, 2.75) is 26.3 Å². The third-order valence-electron chi connectivity index (χ3n) is 2.04. The number of halogens is 1. The maximum absolute atomic E-state index is 12.9. The zero-order chi connectivity index (χ0) is 13.8. The maximum atomic E-state index is 12.9. The zero-order valence-electron chi connectivity index (χ0n) is 11.9. The van der Waals surface area contributed by atoms with Crippen molar-refractivity contribution in [1.29, 1.82) is 0 Å². The highest BCUT2D eigenvalue weighted by molar-refractivity contribution is 5.23. The lowest BCUT2D eigenvalue weighted by atomic mass is 10.1. The van der Waals surface area contributed by atoms with Gasteiger partial charge in [-0.25, -0.2) is 4.39 Å². The Kier molecular flexibility index (Phi) is 12.5. The molecule has 1 N–H and O–H groups in total. The zero-order valence-corrected chi connectivity index (χ0v) is 11.9. The Hall–Kier alpha value is -0.930. The topological polar surface area (TPSA) is 15.3 Å². The van der Waals surface area contributed by atoms with Gasteiger partial charge in [0.05, 0.1) is 0 Å². The van der Waals surface area contributed by atoms with E-state index in [1.54, 1.807) is 0 Å². The van der Waals surface area contributed by atoms with Crippen LogP contribution in [0.1, 0.15) is 20.3 Å². The summed E-state index contributed by atoms with van der Waals surface area (Å²) in [4.78, 5) is 2.09. The van der Waals surface area contributed by atoms with Crippen molar-refractivity contribution >= 4 is 0 Å². The SMILES string of the molecule is C=C/C(F)=C\C(=C)CC(CN(C)C)NC.CC. The lowest BCUT2D eigenvalue weighted by Gasteiger charge is -2.20. The molecule has 2 nitrogen and oxygen atoms in total. The van der Waals surface area contributed by atoms with Crippen LogP contribution in [0.3, 0.4) is 0 Å². The fraction of sp³-hybridized carbons (Fsp3) is 0.571. The van der Waals surface area contributed by atoms with Crippen LogP contribution >= 0.6 is 0 Å². The monoisotopic (exact) mass is 242 g/mol. The molecule has 0 aliphatic rings. The van der Waals surface area contributed by atoms with Gasteiger partial charge in [0.1, 0.15) is 5.83 Å². The first-order valence-corrected chi connectivity index (χ1v) is 5.99. The second-order valence-electron chi connectivity index (χ2n) is 3.84. The van der Waals surface area contributed by atoms with Crippen molar-refractivity contribution in [3.63, 3.8) is 0 Å². The summed E-state index contributed by atoms with van der Waals surface area (Å²) in [7, 11) is 5.91. The molecule has 0 aliphatic heterocycles. The van der Waals surface area contributed by atoms with Gasteiger partial charge in [-0.3, -0.25) is 0 Å². The smallest absolute Gasteiger partial charge is 0.122 e. The molecule has 100 valence electrons. The minimum absolute atomic E-state index is 0.293.